The third-order valence-electron chi connectivity index (χ3n) is 1.90. The number of nitrogens with zero attached hydrogens (tertiary/aromatic N) is 1. The zero-order chi connectivity index (χ0) is 9.26. The van der Waals surface area contributed by atoms with Gasteiger partial charge in [-0.15, -0.1) is 0 Å². The first-order valence-electron chi connectivity index (χ1n) is 3.98. The van der Waals surface area contributed by atoms with E-state index in [-0.39, 0.29) is 6.04 Å². The van der Waals surface area contributed by atoms with Crippen LogP contribution in [-0.2, 0) is 0 Å². The molecule has 0 fully saturated rings. The maximum Gasteiger partial charge on any atom is 0.149 e. The predicted molar refractivity (Wildman–Crippen MR) is 49.4 cm³/mol. The van der Waals surface area contributed by atoms with Gasteiger partial charge in [-0.2, -0.15) is 5.26 Å². The molecule has 1 aromatic rings. The molecule has 0 amide bonds. The second-order valence-electron chi connectivity index (χ2n) is 2.89. The molecule has 1 aromatic carbocycles. The molecule has 4 heteroatoms. The number of fused-ring (bicyclic) bond motifs is 1. The lowest BCUT2D eigenvalue weighted by Gasteiger charge is -2.23. The molecule has 3 N–H and O–H groups in total. The van der Waals surface area contributed by atoms with Crippen LogP contribution in [0.1, 0.15) is 0 Å². The molecular weight excluding hydrogens is 166 g/mol. The maximum absolute atomic E-state index is 8.65. The van der Waals surface area contributed by atoms with E-state index in [1.165, 1.54) is 0 Å². The Morgan fingerprint density at radius 3 is 3.23 bits per heavy atom. The summed E-state index contributed by atoms with van der Waals surface area (Å²) in [6.45, 7) is 0.368. The molecule has 4 nitrogen and oxygen atoms in total. The number of nitriles is 1. The Morgan fingerprint density at radius 1 is 1.62 bits per heavy atom. The second-order valence-corrected chi connectivity index (χ2v) is 2.89. The molecule has 0 bridgehead atoms. The Labute approximate surface area is 75.9 Å². The van der Waals surface area contributed by atoms with Crippen molar-refractivity contribution in [3.8, 4) is 11.8 Å². The van der Waals surface area contributed by atoms with Gasteiger partial charge in [0.25, 0.3) is 0 Å². The van der Waals surface area contributed by atoms with Gasteiger partial charge in [0, 0.05) is 11.8 Å². The highest BCUT2D eigenvalue weighted by atomic mass is 16.5. The van der Waals surface area contributed by atoms with E-state index in [9.17, 15) is 0 Å². The Balaban J connectivity index is 2.32. The van der Waals surface area contributed by atoms with Gasteiger partial charge in [-0.1, -0.05) is 0 Å². The van der Waals surface area contributed by atoms with Gasteiger partial charge in [0.2, 0.25) is 0 Å². The van der Waals surface area contributed by atoms with Crippen molar-refractivity contribution in [2.75, 3.05) is 17.7 Å². The highest BCUT2D eigenvalue weighted by Gasteiger charge is 2.17. The number of rotatable bonds is 0. The molecule has 1 unspecified atom stereocenters. The average molecular weight is 175 g/mol. The number of nitrogens with one attached hydrogen (secondary N) is 1. The van der Waals surface area contributed by atoms with Crippen LogP contribution in [0.15, 0.2) is 18.2 Å². The molecule has 1 heterocycles. The fourth-order valence-corrected chi connectivity index (χ4v) is 1.25. The second kappa shape index (κ2) is 2.87. The first kappa shape index (κ1) is 7.74. The summed E-state index contributed by atoms with van der Waals surface area (Å²) in [7, 11) is 0. The van der Waals surface area contributed by atoms with Crippen LogP contribution in [0.5, 0.6) is 5.75 Å². The van der Waals surface area contributed by atoms with Crippen molar-refractivity contribution in [3.63, 3.8) is 0 Å². The van der Waals surface area contributed by atoms with E-state index >= 15 is 0 Å². The number of nitrogens with two attached hydrogens (primary N) is 1. The summed E-state index contributed by atoms with van der Waals surface area (Å²) in [4.78, 5) is 0. The molecule has 1 atom stereocenters. The lowest BCUT2D eigenvalue weighted by Crippen LogP contribution is -2.29. The van der Waals surface area contributed by atoms with Gasteiger partial charge in [0.15, 0.2) is 0 Å². The van der Waals surface area contributed by atoms with Crippen LogP contribution in [-0.4, -0.2) is 12.6 Å². The van der Waals surface area contributed by atoms with Crippen LogP contribution in [0.2, 0.25) is 0 Å². The Morgan fingerprint density at radius 2 is 2.46 bits per heavy atom. The summed E-state index contributed by atoms with van der Waals surface area (Å²) in [5.41, 5.74) is 7.07. The Bertz CT molecular complexity index is 370. The zero-order valence-corrected chi connectivity index (χ0v) is 6.95. The minimum atomic E-state index is -0.267. The van der Waals surface area contributed by atoms with E-state index in [1.54, 1.807) is 12.1 Å². The van der Waals surface area contributed by atoms with Crippen molar-refractivity contribution < 1.29 is 4.74 Å². The molecule has 1 aliphatic rings. The molecule has 1 aliphatic heterocycles. The first-order chi connectivity index (χ1) is 6.29. The van der Waals surface area contributed by atoms with E-state index in [1.807, 2.05) is 6.07 Å². The van der Waals surface area contributed by atoms with Crippen LogP contribution in [0.3, 0.4) is 0 Å². The van der Waals surface area contributed by atoms with Gasteiger partial charge >= 0.3 is 0 Å². The van der Waals surface area contributed by atoms with Gasteiger partial charge in [0.05, 0.1) is 11.8 Å². The highest BCUT2D eigenvalue weighted by Crippen LogP contribution is 2.30. The fraction of sp³-hybridized carbons (Fsp3) is 0.222. The summed E-state index contributed by atoms with van der Waals surface area (Å²) < 4.78 is 5.34. The number of ether oxygens (including phenoxy) is 1. The van der Waals surface area contributed by atoms with E-state index < -0.39 is 0 Å². The van der Waals surface area contributed by atoms with E-state index in [0.29, 0.717) is 18.0 Å². The van der Waals surface area contributed by atoms with Crippen LogP contribution in [0.4, 0.5) is 11.4 Å². The summed E-state index contributed by atoms with van der Waals surface area (Å²) in [5, 5.41) is 11.7. The molecule has 0 saturated heterocycles. The fourth-order valence-electron chi connectivity index (χ4n) is 1.25. The topological polar surface area (TPSA) is 71.1 Å². The monoisotopic (exact) mass is 175 g/mol. The third-order valence-corrected chi connectivity index (χ3v) is 1.90. The molecule has 0 saturated carbocycles. The van der Waals surface area contributed by atoms with Crippen LogP contribution >= 0.6 is 0 Å². The van der Waals surface area contributed by atoms with E-state index in [4.69, 9.17) is 15.7 Å². The molecule has 2 rings (SSSR count). The summed E-state index contributed by atoms with van der Waals surface area (Å²) in [6.07, 6.45) is 0. The van der Waals surface area contributed by atoms with Crippen molar-refractivity contribution in [1.29, 1.82) is 5.26 Å². The van der Waals surface area contributed by atoms with Crippen molar-refractivity contribution in [3.05, 3.63) is 18.2 Å². The normalized spacial score (nSPS) is 19.2. The first-order valence-corrected chi connectivity index (χ1v) is 3.98. The summed E-state index contributed by atoms with van der Waals surface area (Å²) in [6, 6.07) is 7.16. The minimum Gasteiger partial charge on any atom is -0.488 e. The lowest BCUT2D eigenvalue weighted by atomic mass is 10.2. The molecule has 13 heavy (non-hydrogen) atoms. The van der Waals surface area contributed by atoms with Gasteiger partial charge in [-0.25, -0.2) is 0 Å². The van der Waals surface area contributed by atoms with Crippen LogP contribution < -0.4 is 15.8 Å². The highest BCUT2D eigenvalue weighted by molar-refractivity contribution is 5.64. The number of nitrogen functional groups attached to an aromatic ring is 1. The quantitative estimate of drug-likeness (QED) is 0.576. The van der Waals surface area contributed by atoms with Crippen molar-refractivity contribution >= 4 is 11.4 Å². The van der Waals surface area contributed by atoms with Gasteiger partial charge in [0.1, 0.15) is 18.4 Å². The molecular formula is C9H9N3O. The van der Waals surface area contributed by atoms with Gasteiger partial charge in [-0.3, -0.25) is 0 Å². The van der Waals surface area contributed by atoms with E-state index in [2.05, 4.69) is 11.4 Å². The molecule has 66 valence electrons. The molecule has 0 radical (unpaired) electrons. The minimum absolute atomic E-state index is 0.267. The maximum atomic E-state index is 8.65. The Hall–Kier alpha value is -1.89. The smallest absolute Gasteiger partial charge is 0.149 e. The summed E-state index contributed by atoms with van der Waals surface area (Å²) in [5.74, 6) is 0.714. The van der Waals surface area contributed by atoms with E-state index in [0.717, 1.165) is 5.69 Å². The standard InChI is InChI=1S/C9H9N3O/c10-4-7-5-13-9-3-6(11)1-2-8(9)12-7/h1-3,7,12H,5,11H2. The number of benzene rings is 1. The average Bonchev–Trinajstić information content (AvgIpc) is 2.17. The number of hydrogen-bond acceptors (Lipinski definition) is 4. The zero-order valence-electron chi connectivity index (χ0n) is 6.95. The Kier molecular flexibility index (Phi) is 1.71. The van der Waals surface area contributed by atoms with Gasteiger partial charge < -0.3 is 15.8 Å². The largest absolute Gasteiger partial charge is 0.488 e. The molecule has 0 aliphatic carbocycles. The SMILES string of the molecule is N#CC1COc2cc(N)ccc2N1. The molecule has 0 spiro atoms. The van der Waals surface area contributed by atoms with Crippen LogP contribution in [0.25, 0.3) is 0 Å². The summed E-state index contributed by atoms with van der Waals surface area (Å²) >= 11 is 0. The molecule has 0 aromatic heterocycles. The van der Waals surface area contributed by atoms with Crippen molar-refractivity contribution in [2.24, 2.45) is 0 Å². The van der Waals surface area contributed by atoms with Crippen molar-refractivity contribution in [2.45, 2.75) is 6.04 Å². The van der Waals surface area contributed by atoms with Crippen molar-refractivity contribution in [1.82, 2.24) is 0 Å². The van der Waals surface area contributed by atoms with Crippen LogP contribution in [0, 0.1) is 11.3 Å². The third kappa shape index (κ3) is 1.36. The number of anilines is 2. The van der Waals surface area contributed by atoms with Gasteiger partial charge in [-0.05, 0) is 12.1 Å². The predicted octanol–water partition coefficient (Wildman–Crippen LogP) is 0.965. The number of hydrogen-bond donors (Lipinski definition) is 2. The lowest BCUT2D eigenvalue weighted by molar-refractivity contribution is 0.304.